The Morgan fingerprint density at radius 3 is 1.37 bits per heavy atom. The van der Waals surface area contributed by atoms with E-state index in [9.17, 15) is 25.5 Å². The fourth-order valence-corrected chi connectivity index (χ4v) is 6.89. The minimum atomic E-state index is -0.984. The fraction of sp³-hybridized carbons (Fsp3) is 0.0222. The topological polar surface area (TPSA) is 104 Å². The van der Waals surface area contributed by atoms with Gasteiger partial charge >= 0.3 is 0 Å². The molecule has 0 saturated carbocycles. The first-order valence-electron chi connectivity index (χ1n) is 16.6. The Balaban J connectivity index is 1.12. The standard InChI is InChI=1S/C45H33NO5/c1-27-13-26-39(37-11-5-4-9-35(27)37)46(38-12-6-8-32-7-2-3-10-36(32)38)34-24-22-31(23-25-34)29-16-14-28(15-17-29)30-18-20-33(21-19-30)40-41(47)43(49)45(51)44(50)42(40)48/h2-26,47-51H,1H3. The van der Waals surface area contributed by atoms with Crippen LogP contribution >= 0.6 is 0 Å². The summed E-state index contributed by atoms with van der Waals surface area (Å²) in [7, 11) is 0. The van der Waals surface area contributed by atoms with Crippen LogP contribution in [0.15, 0.2) is 152 Å². The van der Waals surface area contributed by atoms with Crippen LogP contribution in [0.25, 0.3) is 54.9 Å². The first kappa shape index (κ1) is 31.4. The molecular weight excluding hydrogens is 634 g/mol. The molecular formula is C45H33NO5. The second-order valence-corrected chi connectivity index (χ2v) is 12.6. The number of fused-ring (bicyclic) bond motifs is 2. The molecule has 51 heavy (non-hydrogen) atoms. The number of benzene rings is 8. The van der Waals surface area contributed by atoms with E-state index in [0.717, 1.165) is 39.3 Å². The molecule has 0 heterocycles. The number of phenols is 5. The van der Waals surface area contributed by atoms with Crippen molar-refractivity contribution >= 4 is 38.6 Å². The van der Waals surface area contributed by atoms with Crippen molar-refractivity contribution in [2.24, 2.45) is 0 Å². The molecule has 0 aliphatic carbocycles. The van der Waals surface area contributed by atoms with E-state index < -0.39 is 28.7 Å². The molecule has 0 aliphatic rings. The van der Waals surface area contributed by atoms with Crippen LogP contribution < -0.4 is 4.90 Å². The third-order valence-corrected chi connectivity index (χ3v) is 9.59. The highest BCUT2D eigenvalue weighted by atomic mass is 16.4. The maximum absolute atomic E-state index is 10.3. The summed E-state index contributed by atoms with van der Waals surface area (Å²) in [5.74, 6) is -4.24. The van der Waals surface area contributed by atoms with Gasteiger partial charge < -0.3 is 30.4 Å². The lowest BCUT2D eigenvalue weighted by Gasteiger charge is -2.28. The number of aromatic hydroxyl groups is 5. The predicted molar refractivity (Wildman–Crippen MR) is 206 cm³/mol. The number of phenolic OH excluding ortho intramolecular Hbond substituents is 5. The molecule has 0 aromatic heterocycles. The first-order valence-corrected chi connectivity index (χ1v) is 16.6. The van der Waals surface area contributed by atoms with Crippen molar-refractivity contribution in [3.8, 4) is 62.1 Å². The van der Waals surface area contributed by atoms with Gasteiger partial charge in [-0.1, -0.05) is 127 Å². The quantitative estimate of drug-likeness (QED) is 0.0893. The predicted octanol–water partition coefficient (Wildman–Crippen LogP) is 11.3. The van der Waals surface area contributed by atoms with Crippen LogP contribution in [0.4, 0.5) is 17.1 Å². The van der Waals surface area contributed by atoms with Crippen LogP contribution in [0, 0.1) is 6.92 Å². The Hall–Kier alpha value is -6.92. The lowest BCUT2D eigenvalue weighted by atomic mass is 9.96. The molecule has 5 N–H and O–H groups in total. The molecule has 0 atom stereocenters. The Bertz CT molecular complexity index is 2540. The van der Waals surface area contributed by atoms with Crippen LogP contribution in [-0.4, -0.2) is 25.5 Å². The zero-order chi connectivity index (χ0) is 35.2. The maximum atomic E-state index is 10.3. The molecule has 6 nitrogen and oxygen atoms in total. The summed E-state index contributed by atoms with van der Waals surface area (Å²) in [4.78, 5) is 2.35. The van der Waals surface area contributed by atoms with Gasteiger partial charge in [-0.15, -0.1) is 0 Å². The molecule has 0 unspecified atom stereocenters. The Morgan fingerprint density at radius 2 is 0.784 bits per heavy atom. The van der Waals surface area contributed by atoms with E-state index >= 15 is 0 Å². The van der Waals surface area contributed by atoms with E-state index in [0.29, 0.717) is 5.56 Å². The molecule has 0 radical (unpaired) electrons. The monoisotopic (exact) mass is 667 g/mol. The van der Waals surface area contributed by atoms with Crippen molar-refractivity contribution in [2.75, 3.05) is 4.90 Å². The van der Waals surface area contributed by atoms with E-state index in [2.05, 4.69) is 127 Å². The second-order valence-electron chi connectivity index (χ2n) is 12.6. The zero-order valence-corrected chi connectivity index (χ0v) is 27.6. The van der Waals surface area contributed by atoms with Gasteiger partial charge in [-0.05, 0) is 75.3 Å². The summed E-state index contributed by atoms with van der Waals surface area (Å²) in [6.07, 6.45) is 0. The molecule has 8 aromatic rings. The van der Waals surface area contributed by atoms with E-state index in [1.807, 2.05) is 24.3 Å². The van der Waals surface area contributed by atoms with Gasteiger partial charge in [-0.25, -0.2) is 0 Å². The Morgan fingerprint density at radius 1 is 0.353 bits per heavy atom. The molecule has 6 heteroatoms. The van der Waals surface area contributed by atoms with Crippen molar-refractivity contribution in [3.05, 3.63) is 157 Å². The summed E-state index contributed by atoms with van der Waals surface area (Å²) in [5, 5.41) is 55.1. The van der Waals surface area contributed by atoms with Gasteiger partial charge in [0, 0.05) is 16.5 Å². The summed E-state index contributed by atoms with van der Waals surface area (Å²) >= 11 is 0. The highest BCUT2D eigenvalue weighted by Crippen LogP contribution is 2.54. The van der Waals surface area contributed by atoms with Crippen molar-refractivity contribution in [1.82, 2.24) is 0 Å². The lowest BCUT2D eigenvalue weighted by Crippen LogP contribution is -2.11. The fourth-order valence-electron chi connectivity index (χ4n) is 6.89. The largest absolute Gasteiger partial charge is 0.504 e. The van der Waals surface area contributed by atoms with Crippen molar-refractivity contribution in [2.45, 2.75) is 6.92 Å². The minimum Gasteiger partial charge on any atom is -0.504 e. The van der Waals surface area contributed by atoms with E-state index in [-0.39, 0.29) is 5.56 Å². The van der Waals surface area contributed by atoms with Gasteiger partial charge in [-0.3, -0.25) is 0 Å². The zero-order valence-electron chi connectivity index (χ0n) is 27.6. The van der Waals surface area contributed by atoms with Gasteiger partial charge in [0.1, 0.15) is 0 Å². The second kappa shape index (κ2) is 12.5. The van der Waals surface area contributed by atoms with Crippen molar-refractivity contribution in [3.63, 3.8) is 0 Å². The van der Waals surface area contributed by atoms with Crippen LogP contribution in [-0.2, 0) is 0 Å². The smallest absolute Gasteiger partial charge is 0.208 e. The summed E-state index contributed by atoms with van der Waals surface area (Å²) < 4.78 is 0. The van der Waals surface area contributed by atoms with E-state index in [4.69, 9.17) is 0 Å². The van der Waals surface area contributed by atoms with Crippen LogP contribution in [0.5, 0.6) is 28.7 Å². The average molecular weight is 668 g/mol. The first-order chi connectivity index (χ1) is 24.8. The van der Waals surface area contributed by atoms with E-state index in [1.165, 1.54) is 27.1 Å². The normalized spacial score (nSPS) is 11.2. The third kappa shape index (κ3) is 5.40. The van der Waals surface area contributed by atoms with Gasteiger partial charge in [-0.2, -0.15) is 0 Å². The number of aryl methyl sites for hydroxylation is 1. The van der Waals surface area contributed by atoms with Gasteiger partial charge in [0.15, 0.2) is 11.5 Å². The van der Waals surface area contributed by atoms with Crippen molar-refractivity contribution in [1.29, 1.82) is 0 Å². The molecule has 0 saturated heterocycles. The number of nitrogens with zero attached hydrogens (tertiary/aromatic N) is 1. The number of hydrogen-bond donors (Lipinski definition) is 5. The maximum Gasteiger partial charge on any atom is 0.208 e. The Labute approximate surface area is 294 Å². The third-order valence-electron chi connectivity index (χ3n) is 9.59. The molecule has 248 valence electrons. The molecule has 0 spiro atoms. The summed E-state index contributed by atoms with van der Waals surface area (Å²) in [6, 6.07) is 51.7. The van der Waals surface area contributed by atoms with Crippen molar-refractivity contribution < 1.29 is 25.5 Å². The minimum absolute atomic E-state index is 0.178. The number of anilines is 3. The Kier molecular flexibility index (Phi) is 7.69. The molecule has 8 aromatic carbocycles. The van der Waals surface area contributed by atoms with Crippen LogP contribution in [0.1, 0.15) is 5.56 Å². The van der Waals surface area contributed by atoms with E-state index in [1.54, 1.807) is 12.1 Å². The summed E-state index contributed by atoms with van der Waals surface area (Å²) in [6.45, 7) is 2.15. The van der Waals surface area contributed by atoms with Crippen LogP contribution in [0.2, 0.25) is 0 Å². The molecule has 8 rings (SSSR count). The molecule has 0 amide bonds. The summed E-state index contributed by atoms with van der Waals surface area (Å²) in [5.41, 5.74) is 8.66. The number of rotatable bonds is 6. The number of hydrogen-bond acceptors (Lipinski definition) is 6. The van der Waals surface area contributed by atoms with Crippen LogP contribution in [0.3, 0.4) is 0 Å². The van der Waals surface area contributed by atoms with Gasteiger partial charge in [0.25, 0.3) is 0 Å². The molecule has 0 fully saturated rings. The average Bonchev–Trinajstić information content (AvgIpc) is 3.18. The SMILES string of the molecule is Cc1ccc(N(c2ccc(-c3ccc(-c4ccc(-c5c(O)c(O)c(O)c(O)c5O)cc4)cc3)cc2)c2cccc3ccccc23)c2ccccc12. The molecule has 0 aliphatic heterocycles. The highest BCUT2D eigenvalue weighted by molar-refractivity contribution is 6.05. The highest BCUT2D eigenvalue weighted by Gasteiger charge is 2.24. The lowest BCUT2D eigenvalue weighted by molar-refractivity contribution is 0.330. The van der Waals surface area contributed by atoms with Gasteiger partial charge in [0.05, 0.1) is 16.9 Å². The van der Waals surface area contributed by atoms with Gasteiger partial charge in [0.2, 0.25) is 17.2 Å². The molecule has 0 bridgehead atoms.